The maximum atomic E-state index is 9.99. The molecule has 0 aliphatic carbocycles. The third-order valence-electron chi connectivity index (χ3n) is 3.61. The Morgan fingerprint density at radius 1 is 1.14 bits per heavy atom. The molecule has 0 unspecified atom stereocenters. The molecule has 118 valence electrons. The summed E-state index contributed by atoms with van der Waals surface area (Å²) in [5.41, 5.74) is 1.11. The molecule has 1 aliphatic heterocycles. The average Bonchev–Trinajstić information content (AvgIpc) is 2.52. The van der Waals surface area contributed by atoms with Crippen molar-refractivity contribution in [3.05, 3.63) is 35.9 Å². The van der Waals surface area contributed by atoms with Crippen LogP contribution in [-0.4, -0.2) is 66.3 Å². The van der Waals surface area contributed by atoms with Crippen LogP contribution in [0.5, 0.6) is 0 Å². The van der Waals surface area contributed by atoms with E-state index in [0.29, 0.717) is 13.0 Å². The van der Waals surface area contributed by atoms with Crippen LogP contribution in [-0.2, 0) is 20.6 Å². The van der Waals surface area contributed by atoms with Gasteiger partial charge in [0.05, 0.1) is 13.2 Å². The highest BCUT2D eigenvalue weighted by Gasteiger charge is 2.45. The number of hydrogen-bond donors (Lipinski definition) is 3. The number of hydrogen-bond acceptors (Lipinski definition) is 6. The van der Waals surface area contributed by atoms with Crippen LogP contribution in [0.1, 0.15) is 5.56 Å². The van der Waals surface area contributed by atoms with E-state index in [1.54, 1.807) is 0 Å². The molecule has 1 heterocycles. The van der Waals surface area contributed by atoms with Crippen LogP contribution >= 0.6 is 0 Å². The molecule has 1 aromatic rings. The Balaban J connectivity index is 1.87. The fourth-order valence-electron chi connectivity index (χ4n) is 2.42. The Hall–Kier alpha value is -1.02. The van der Waals surface area contributed by atoms with Crippen molar-refractivity contribution in [1.29, 1.82) is 0 Å². The highest BCUT2D eigenvalue weighted by atomic mass is 16.7. The maximum absolute atomic E-state index is 9.99. The molecule has 3 N–H and O–H groups in total. The van der Waals surface area contributed by atoms with Crippen molar-refractivity contribution in [2.24, 2.45) is 0 Å². The molecule has 21 heavy (non-hydrogen) atoms. The number of rotatable bonds is 6. The molecule has 0 spiro atoms. The smallest absolute Gasteiger partial charge is 0.186 e. The molecule has 0 saturated carbocycles. The number of aliphatic hydroxyl groups excluding tert-OH is 3. The second kappa shape index (κ2) is 7.84. The molecule has 1 saturated heterocycles. The normalized spacial score (nSPS) is 33.0. The van der Waals surface area contributed by atoms with Crippen LogP contribution in [0.4, 0.5) is 0 Å². The molecule has 0 amide bonds. The first-order valence-corrected chi connectivity index (χ1v) is 6.98. The van der Waals surface area contributed by atoms with Gasteiger partial charge in [-0.3, -0.25) is 0 Å². The van der Waals surface area contributed by atoms with Crippen LogP contribution in [0.2, 0.25) is 0 Å². The summed E-state index contributed by atoms with van der Waals surface area (Å²) in [7, 11) is 1.39. The van der Waals surface area contributed by atoms with Gasteiger partial charge in [-0.1, -0.05) is 30.3 Å². The van der Waals surface area contributed by atoms with E-state index in [0.717, 1.165) is 5.56 Å². The van der Waals surface area contributed by atoms with Crippen molar-refractivity contribution in [2.75, 3.05) is 20.3 Å². The first-order chi connectivity index (χ1) is 10.2. The molecule has 0 bridgehead atoms. The van der Waals surface area contributed by atoms with Crippen LogP contribution < -0.4 is 0 Å². The standard InChI is InChI=1S/C15H22O6/c1-19-14-11(9-16)21-15(13(18)12(14)17)20-8-7-10-5-3-2-4-6-10/h2-6,11-18H,7-9H2,1H3/t11-,12-,13-,14-,15-/m1/s1. The minimum Gasteiger partial charge on any atom is -0.394 e. The third kappa shape index (κ3) is 4.00. The van der Waals surface area contributed by atoms with Crippen LogP contribution in [0.25, 0.3) is 0 Å². The van der Waals surface area contributed by atoms with Gasteiger partial charge in [0, 0.05) is 7.11 Å². The van der Waals surface area contributed by atoms with Gasteiger partial charge in [0.25, 0.3) is 0 Å². The summed E-state index contributed by atoms with van der Waals surface area (Å²) in [4.78, 5) is 0. The van der Waals surface area contributed by atoms with Gasteiger partial charge in [0.15, 0.2) is 6.29 Å². The largest absolute Gasteiger partial charge is 0.394 e. The van der Waals surface area contributed by atoms with Gasteiger partial charge in [0.2, 0.25) is 0 Å². The van der Waals surface area contributed by atoms with E-state index in [1.807, 2.05) is 30.3 Å². The van der Waals surface area contributed by atoms with Gasteiger partial charge < -0.3 is 29.5 Å². The lowest BCUT2D eigenvalue weighted by Crippen LogP contribution is -2.59. The predicted octanol–water partition coefficient (Wildman–Crippen LogP) is -0.300. The fraction of sp³-hybridized carbons (Fsp3) is 0.600. The second-order valence-corrected chi connectivity index (χ2v) is 5.01. The highest BCUT2D eigenvalue weighted by Crippen LogP contribution is 2.23. The second-order valence-electron chi connectivity index (χ2n) is 5.01. The van der Waals surface area contributed by atoms with Crippen molar-refractivity contribution in [2.45, 2.75) is 37.1 Å². The average molecular weight is 298 g/mol. The fourth-order valence-corrected chi connectivity index (χ4v) is 2.42. The minimum atomic E-state index is -1.21. The molecule has 6 heteroatoms. The van der Waals surface area contributed by atoms with Crippen LogP contribution in [0.3, 0.4) is 0 Å². The molecule has 2 rings (SSSR count). The number of benzene rings is 1. The van der Waals surface area contributed by atoms with Crippen molar-refractivity contribution < 1.29 is 29.5 Å². The van der Waals surface area contributed by atoms with E-state index in [4.69, 9.17) is 14.2 Å². The van der Waals surface area contributed by atoms with Crippen molar-refractivity contribution in [3.8, 4) is 0 Å². The number of ether oxygens (including phenoxy) is 3. The van der Waals surface area contributed by atoms with E-state index >= 15 is 0 Å². The first kappa shape index (κ1) is 16.4. The van der Waals surface area contributed by atoms with E-state index in [9.17, 15) is 15.3 Å². The van der Waals surface area contributed by atoms with Gasteiger partial charge >= 0.3 is 0 Å². The lowest BCUT2D eigenvalue weighted by molar-refractivity contribution is -0.304. The lowest BCUT2D eigenvalue weighted by Gasteiger charge is -2.41. The lowest BCUT2D eigenvalue weighted by atomic mass is 9.99. The molecule has 0 aromatic heterocycles. The Morgan fingerprint density at radius 2 is 1.86 bits per heavy atom. The number of aliphatic hydroxyl groups is 3. The Bertz CT molecular complexity index is 410. The minimum absolute atomic E-state index is 0.319. The monoisotopic (exact) mass is 298 g/mol. The predicted molar refractivity (Wildman–Crippen MR) is 74.7 cm³/mol. The summed E-state index contributed by atoms with van der Waals surface area (Å²) in [6.07, 6.45) is -4.20. The van der Waals surface area contributed by atoms with Crippen LogP contribution in [0.15, 0.2) is 30.3 Å². The van der Waals surface area contributed by atoms with E-state index in [-0.39, 0.29) is 6.61 Å². The maximum Gasteiger partial charge on any atom is 0.186 e. The van der Waals surface area contributed by atoms with Gasteiger partial charge in [-0.2, -0.15) is 0 Å². The summed E-state index contributed by atoms with van der Waals surface area (Å²) in [6.45, 7) is 0.0229. The van der Waals surface area contributed by atoms with Gasteiger partial charge in [0.1, 0.15) is 24.4 Å². The molecule has 1 aliphatic rings. The molecule has 1 aromatic carbocycles. The SMILES string of the molecule is CO[C@H]1[C@H](O)[C@@H](O)[C@H](OCCc2ccccc2)O[C@@H]1CO. The summed E-state index contributed by atoms with van der Waals surface area (Å²) in [5, 5.41) is 29.2. The quantitative estimate of drug-likeness (QED) is 0.668. The molecule has 6 nitrogen and oxygen atoms in total. The Labute approximate surface area is 123 Å². The molecular weight excluding hydrogens is 276 g/mol. The van der Waals surface area contributed by atoms with Crippen molar-refractivity contribution >= 4 is 0 Å². The molecule has 0 radical (unpaired) electrons. The highest BCUT2D eigenvalue weighted by molar-refractivity contribution is 5.14. The first-order valence-electron chi connectivity index (χ1n) is 6.98. The van der Waals surface area contributed by atoms with Gasteiger partial charge in [-0.05, 0) is 12.0 Å². The number of methoxy groups -OCH3 is 1. The van der Waals surface area contributed by atoms with E-state index in [2.05, 4.69) is 0 Å². The third-order valence-corrected chi connectivity index (χ3v) is 3.61. The zero-order valence-electron chi connectivity index (χ0n) is 12.0. The Kier molecular flexibility index (Phi) is 6.10. The van der Waals surface area contributed by atoms with E-state index in [1.165, 1.54) is 7.11 Å². The topological polar surface area (TPSA) is 88.4 Å². The molecule has 1 fully saturated rings. The van der Waals surface area contributed by atoms with Crippen LogP contribution in [0, 0.1) is 0 Å². The zero-order valence-corrected chi connectivity index (χ0v) is 12.0. The van der Waals surface area contributed by atoms with Gasteiger partial charge in [-0.25, -0.2) is 0 Å². The molecule has 5 atom stereocenters. The summed E-state index contributed by atoms with van der Waals surface area (Å²) >= 11 is 0. The zero-order chi connectivity index (χ0) is 15.2. The van der Waals surface area contributed by atoms with Crippen molar-refractivity contribution in [3.63, 3.8) is 0 Å². The summed E-state index contributed by atoms with van der Waals surface area (Å²) < 4.78 is 16.0. The van der Waals surface area contributed by atoms with Gasteiger partial charge in [-0.15, -0.1) is 0 Å². The molecular formula is C15H22O6. The van der Waals surface area contributed by atoms with Crippen molar-refractivity contribution in [1.82, 2.24) is 0 Å². The summed E-state index contributed by atoms with van der Waals surface area (Å²) in [6, 6.07) is 9.78. The summed E-state index contributed by atoms with van der Waals surface area (Å²) in [5.74, 6) is 0. The Morgan fingerprint density at radius 3 is 2.48 bits per heavy atom. The van der Waals surface area contributed by atoms with E-state index < -0.39 is 30.7 Å².